The highest BCUT2D eigenvalue weighted by Crippen LogP contribution is 2.32. The quantitative estimate of drug-likeness (QED) is 0.558. The molecule has 0 aliphatic heterocycles. The Balaban J connectivity index is 1.89. The van der Waals surface area contributed by atoms with Crippen molar-refractivity contribution in [3.63, 3.8) is 0 Å². The van der Waals surface area contributed by atoms with E-state index in [4.69, 9.17) is 25.8 Å². The predicted octanol–water partition coefficient (Wildman–Crippen LogP) is 2.96. The molecule has 0 aliphatic rings. The zero-order chi connectivity index (χ0) is 19.1. The average molecular weight is 381 g/mol. The fraction of sp³-hybridized carbons (Fsp3) is 0.235. The van der Waals surface area contributed by atoms with Crippen LogP contribution in [0.25, 0.3) is 0 Å². The summed E-state index contributed by atoms with van der Waals surface area (Å²) in [5.41, 5.74) is 0.609. The summed E-state index contributed by atoms with van der Waals surface area (Å²) in [5, 5.41) is 13.7. The Hall–Kier alpha value is -3.00. The van der Waals surface area contributed by atoms with Crippen LogP contribution < -0.4 is 19.5 Å². The van der Waals surface area contributed by atoms with Crippen molar-refractivity contribution in [1.29, 1.82) is 0 Å². The summed E-state index contributed by atoms with van der Waals surface area (Å²) in [6.45, 7) is -0.0512. The molecule has 0 spiro atoms. The minimum absolute atomic E-state index is 0.0510. The van der Waals surface area contributed by atoms with E-state index >= 15 is 0 Å². The number of benzene rings is 2. The second-order valence-corrected chi connectivity index (χ2v) is 5.52. The third-order valence-electron chi connectivity index (χ3n) is 3.45. The van der Waals surface area contributed by atoms with Gasteiger partial charge in [-0.05, 0) is 23.8 Å². The van der Waals surface area contributed by atoms with E-state index in [2.05, 4.69) is 5.32 Å². The largest absolute Gasteiger partial charge is 0.493 e. The first-order chi connectivity index (χ1) is 12.4. The molecule has 0 aromatic heterocycles. The van der Waals surface area contributed by atoms with Crippen LogP contribution in [0.1, 0.15) is 5.56 Å². The smallest absolute Gasteiger partial charge is 0.269 e. The number of carbonyl (C=O) groups excluding carboxylic acids is 1. The van der Waals surface area contributed by atoms with Gasteiger partial charge in [0.1, 0.15) is 5.75 Å². The van der Waals surface area contributed by atoms with Crippen molar-refractivity contribution < 1.29 is 23.9 Å². The number of hydrogen-bond donors (Lipinski definition) is 1. The van der Waals surface area contributed by atoms with Gasteiger partial charge in [-0.1, -0.05) is 11.6 Å². The summed E-state index contributed by atoms with van der Waals surface area (Å²) in [7, 11) is 3.01. The molecule has 0 saturated heterocycles. The third kappa shape index (κ3) is 5.00. The van der Waals surface area contributed by atoms with Crippen LogP contribution in [0.5, 0.6) is 17.2 Å². The lowest BCUT2D eigenvalue weighted by molar-refractivity contribution is -0.384. The Morgan fingerprint density at radius 3 is 2.35 bits per heavy atom. The molecule has 2 aromatic rings. The SMILES string of the molecule is COc1cc(Cl)c(CNC(=O)COc2ccc([N+](=O)[O-])cc2)cc1OC. The third-order valence-corrected chi connectivity index (χ3v) is 3.80. The normalized spacial score (nSPS) is 10.1. The molecule has 0 aliphatic carbocycles. The summed E-state index contributed by atoms with van der Waals surface area (Å²) in [4.78, 5) is 22.0. The summed E-state index contributed by atoms with van der Waals surface area (Å²) in [6.07, 6.45) is 0. The number of nitro groups is 1. The van der Waals surface area contributed by atoms with E-state index in [1.54, 1.807) is 12.1 Å². The van der Waals surface area contributed by atoms with Crippen molar-refractivity contribution in [2.75, 3.05) is 20.8 Å². The Bertz CT molecular complexity index is 795. The average Bonchev–Trinajstić information content (AvgIpc) is 2.65. The van der Waals surface area contributed by atoms with Crippen molar-refractivity contribution in [3.05, 3.63) is 57.1 Å². The van der Waals surface area contributed by atoms with Gasteiger partial charge in [-0.15, -0.1) is 0 Å². The van der Waals surface area contributed by atoms with Gasteiger partial charge in [-0.3, -0.25) is 14.9 Å². The van der Waals surface area contributed by atoms with Gasteiger partial charge in [-0.2, -0.15) is 0 Å². The van der Waals surface area contributed by atoms with Crippen LogP contribution in [0.3, 0.4) is 0 Å². The number of halogens is 1. The minimum atomic E-state index is -0.511. The Kier molecular flexibility index (Phi) is 6.62. The highest BCUT2D eigenvalue weighted by Gasteiger charge is 2.11. The van der Waals surface area contributed by atoms with E-state index in [1.165, 1.54) is 38.5 Å². The number of rotatable bonds is 8. The molecule has 9 heteroatoms. The molecule has 0 bridgehead atoms. The Morgan fingerprint density at radius 2 is 1.77 bits per heavy atom. The molecule has 0 atom stereocenters. The maximum Gasteiger partial charge on any atom is 0.269 e. The van der Waals surface area contributed by atoms with Crippen LogP contribution in [0.2, 0.25) is 5.02 Å². The predicted molar refractivity (Wildman–Crippen MR) is 95.0 cm³/mol. The number of nitro benzene ring substituents is 1. The number of methoxy groups -OCH3 is 2. The van der Waals surface area contributed by atoms with E-state index in [0.29, 0.717) is 27.8 Å². The van der Waals surface area contributed by atoms with E-state index in [0.717, 1.165) is 0 Å². The molecule has 2 rings (SSSR count). The number of ether oxygens (including phenoxy) is 3. The number of nitrogens with one attached hydrogen (secondary N) is 1. The molecule has 2 aromatic carbocycles. The van der Waals surface area contributed by atoms with Crippen LogP contribution >= 0.6 is 11.6 Å². The van der Waals surface area contributed by atoms with Crippen LogP contribution in [0.15, 0.2) is 36.4 Å². The van der Waals surface area contributed by atoms with Crippen molar-refractivity contribution in [2.45, 2.75) is 6.54 Å². The second-order valence-electron chi connectivity index (χ2n) is 5.12. The first-order valence-corrected chi connectivity index (χ1v) is 7.86. The van der Waals surface area contributed by atoms with Crippen molar-refractivity contribution in [2.24, 2.45) is 0 Å². The Morgan fingerprint density at radius 1 is 1.15 bits per heavy atom. The molecule has 0 heterocycles. The lowest BCUT2D eigenvalue weighted by Gasteiger charge is -2.12. The molecular weight excluding hydrogens is 364 g/mol. The molecule has 0 saturated carbocycles. The van der Waals surface area contributed by atoms with Crippen LogP contribution in [-0.4, -0.2) is 31.7 Å². The summed E-state index contributed by atoms with van der Waals surface area (Å²) >= 11 is 6.16. The van der Waals surface area contributed by atoms with E-state index < -0.39 is 4.92 Å². The van der Waals surface area contributed by atoms with Gasteiger partial charge in [0.15, 0.2) is 18.1 Å². The van der Waals surface area contributed by atoms with Gasteiger partial charge >= 0.3 is 0 Å². The first-order valence-electron chi connectivity index (χ1n) is 7.49. The molecule has 1 N–H and O–H groups in total. The summed E-state index contributed by atoms with van der Waals surface area (Å²) in [6, 6.07) is 8.74. The van der Waals surface area contributed by atoms with Gasteiger partial charge < -0.3 is 19.5 Å². The first kappa shape index (κ1) is 19.3. The topological polar surface area (TPSA) is 99.9 Å². The van der Waals surface area contributed by atoms with Gasteiger partial charge in [-0.25, -0.2) is 0 Å². The molecule has 1 amide bonds. The van der Waals surface area contributed by atoms with Gasteiger partial charge in [0.05, 0.1) is 19.1 Å². The molecule has 0 unspecified atom stereocenters. The van der Waals surface area contributed by atoms with Crippen molar-refractivity contribution in [1.82, 2.24) is 5.32 Å². The molecular formula is C17H17ClN2O6. The highest BCUT2D eigenvalue weighted by molar-refractivity contribution is 6.31. The highest BCUT2D eigenvalue weighted by atomic mass is 35.5. The molecule has 138 valence electrons. The summed E-state index contributed by atoms with van der Waals surface area (Å²) in [5.74, 6) is 0.987. The minimum Gasteiger partial charge on any atom is -0.493 e. The van der Waals surface area contributed by atoms with Gasteiger partial charge in [0, 0.05) is 29.8 Å². The number of carbonyl (C=O) groups is 1. The molecule has 26 heavy (non-hydrogen) atoms. The molecule has 8 nitrogen and oxygen atoms in total. The summed E-state index contributed by atoms with van der Waals surface area (Å²) < 4.78 is 15.6. The van der Waals surface area contributed by atoms with Crippen molar-refractivity contribution >= 4 is 23.2 Å². The number of amides is 1. The number of nitrogens with zero attached hydrogens (tertiary/aromatic N) is 1. The van der Waals surface area contributed by atoms with Crippen LogP contribution in [-0.2, 0) is 11.3 Å². The van der Waals surface area contributed by atoms with Crippen molar-refractivity contribution in [3.8, 4) is 17.2 Å². The second kappa shape index (κ2) is 8.91. The zero-order valence-corrected chi connectivity index (χ0v) is 14.9. The maximum absolute atomic E-state index is 11.9. The van der Waals surface area contributed by atoms with Crippen LogP contribution in [0, 0.1) is 10.1 Å². The van der Waals surface area contributed by atoms with Gasteiger partial charge in [0.25, 0.3) is 11.6 Å². The van der Waals surface area contributed by atoms with E-state index in [1.807, 2.05) is 0 Å². The molecule has 0 radical (unpaired) electrons. The Labute approximate surface area is 154 Å². The van der Waals surface area contributed by atoms with E-state index in [-0.39, 0.29) is 24.7 Å². The van der Waals surface area contributed by atoms with Crippen LogP contribution in [0.4, 0.5) is 5.69 Å². The fourth-order valence-electron chi connectivity index (χ4n) is 2.09. The standard InChI is InChI=1S/C17H17ClN2O6/c1-24-15-7-11(14(18)8-16(15)25-2)9-19-17(21)10-26-13-5-3-12(4-6-13)20(22)23/h3-8H,9-10H2,1-2H3,(H,19,21). The zero-order valence-electron chi connectivity index (χ0n) is 14.2. The lowest BCUT2D eigenvalue weighted by atomic mass is 10.2. The lowest BCUT2D eigenvalue weighted by Crippen LogP contribution is -2.28. The van der Waals surface area contributed by atoms with Gasteiger partial charge in [0.2, 0.25) is 0 Å². The maximum atomic E-state index is 11.9. The van der Waals surface area contributed by atoms with E-state index in [9.17, 15) is 14.9 Å². The number of non-ortho nitro benzene ring substituents is 1. The molecule has 0 fully saturated rings. The monoisotopic (exact) mass is 380 g/mol. The number of hydrogen-bond acceptors (Lipinski definition) is 6. The fourth-order valence-corrected chi connectivity index (χ4v) is 2.31.